The van der Waals surface area contributed by atoms with Crippen molar-refractivity contribution in [2.45, 2.75) is 19.1 Å². The molecule has 88 valence electrons. The van der Waals surface area contributed by atoms with Crippen LogP contribution in [0.15, 0.2) is 18.3 Å². The van der Waals surface area contributed by atoms with Crippen LogP contribution in [0.25, 0.3) is 0 Å². The number of methoxy groups -OCH3 is 1. The second-order valence-corrected chi connectivity index (χ2v) is 4.18. The molecule has 2 heterocycles. The van der Waals surface area contributed by atoms with Crippen LogP contribution in [0.4, 0.5) is 5.82 Å². The lowest BCUT2D eigenvalue weighted by Crippen LogP contribution is -2.22. The Kier molecular flexibility index (Phi) is 3.74. The monoisotopic (exact) mass is 221 g/mol. The molecule has 1 aromatic rings. The lowest BCUT2D eigenvalue weighted by Gasteiger charge is -2.15. The van der Waals surface area contributed by atoms with Gasteiger partial charge in [-0.25, -0.2) is 4.98 Å². The van der Waals surface area contributed by atoms with Crippen LogP contribution in [0, 0.1) is 0 Å². The van der Waals surface area contributed by atoms with Gasteiger partial charge in [-0.15, -0.1) is 0 Å². The minimum absolute atomic E-state index is 0.407. The van der Waals surface area contributed by atoms with Gasteiger partial charge in [-0.2, -0.15) is 0 Å². The molecule has 0 spiro atoms. The number of anilines is 1. The predicted octanol–water partition coefficient (Wildman–Crippen LogP) is 1.34. The van der Waals surface area contributed by atoms with Gasteiger partial charge in [0.2, 0.25) is 0 Å². The van der Waals surface area contributed by atoms with Crippen LogP contribution in [0.3, 0.4) is 0 Å². The second-order valence-electron chi connectivity index (χ2n) is 4.18. The van der Waals surface area contributed by atoms with Crippen molar-refractivity contribution >= 4 is 5.82 Å². The summed E-state index contributed by atoms with van der Waals surface area (Å²) in [4.78, 5) is 6.72. The van der Waals surface area contributed by atoms with E-state index in [1.54, 1.807) is 7.11 Å². The Hall–Kier alpha value is -1.13. The first-order valence-corrected chi connectivity index (χ1v) is 5.69. The van der Waals surface area contributed by atoms with Crippen molar-refractivity contribution in [2.75, 3.05) is 32.6 Å². The fourth-order valence-electron chi connectivity index (χ4n) is 2.06. The van der Waals surface area contributed by atoms with Crippen LogP contribution >= 0.6 is 0 Å². The van der Waals surface area contributed by atoms with Gasteiger partial charge < -0.3 is 10.1 Å². The average molecular weight is 221 g/mol. The van der Waals surface area contributed by atoms with E-state index in [1.165, 1.54) is 5.56 Å². The third-order valence-corrected chi connectivity index (χ3v) is 3.05. The summed E-state index contributed by atoms with van der Waals surface area (Å²) >= 11 is 0. The summed E-state index contributed by atoms with van der Waals surface area (Å²) < 4.78 is 5.35. The molecule has 1 fully saturated rings. The van der Waals surface area contributed by atoms with Gasteiger partial charge in [0.05, 0.1) is 6.10 Å². The number of nitrogens with one attached hydrogen (secondary N) is 1. The first kappa shape index (κ1) is 11.4. The Balaban J connectivity index is 1.89. The van der Waals surface area contributed by atoms with Crippen LogP contribution in [0.5, 0.6) is 0 Å². The molecule has 0 bridgehead atoms. The molecule has 1 N–H and O–H groups in total. The summed E-state index contributed by atoms with van der Waals surface area (Å²) in [5.74, 6) is 0.917. The first-order valence-electron chi connectivity index (χ1n) is 5.69. The highest BCUT2D eigenvalue weighted by molar-refractivity contribution is 5.34. The third-order valence-electron chi connectivity index (χ3n) is 3.05. The Morgan fingerprint density at radius 2 is 2.44 bits per heavy atom. The smallest absolute Gasteiger partial charge is 0.125 e. The van der Waals surface area contributed by atoms with Gasteiger partial charge in [-0.3, -0.25) is 4.90 Å². The van der Waals surface area contributed by atoms with Gasteiger partial charge in [0, 0.05) is 40.0 Å². The van der Waals surface area contributed by atoms with Gasteiger partial charge >= 0.3 is 0 Å². The molecule has 16 heavy (non-hydrogen) atoms. The Labute approximate surface area is 96.6 Å². The molecule has 1 aliphatic rings. The highest BCUT2D eigenvalue weighted by Gasteiger charge is 2.21. The summed E-state index contributed by atoms with van der Waals surface area (Å²) in [6.45, 7) is 3.12. The molecule has 2 rings (SSSR count). The van der Waals surface area contributed by atoms with Crippen molar-refractivity contribution in [1.29, 1.82) is 0 Å². The molecule has 1 aliphatic heterocycles. The van der Waals surface area contributed by atoms with E-state index in [2.05, 4.69) is 21.3 Å². The highest BCUT2D eigenvalue weighted by atomic mass is 16.5. The van der Waals surface area contributed by atoms with Crippen molar-refractivity contribution in [3.63, 3.8) is 0 Å². The molecule has 1 unspecified atom stereocenters. The normalized spacial score (nSPS) is 21.2. The number of rotatable bonds is 4. The van der Waals surface area contributed by atoms with Crippen molar-refractivity contribution in [1.82, 2.24) is 9.88 Å². The number of hydrogen-bond acceptors (Lipinski definition) is 4. The van der Waals surface area contributed by atoms with Crippen LogP contribution in [-0.4, -0.2) is 43.2 Å². The molecule has 0 aromatic carbocycles. The zero-order valence-electron chi connectivity index (χ0n) is 9.94. The standard InChI is InChI=1S/C12H19N3O/c1-13-12-4-3-10(7-14-12)8-15-6-5-11(9-15)16-2/h3-4,7,11H,5-6,8-9H2,1-2H3,(H,13,14). The topological polar surface area (TPSA) is 37.4 Å². The van der Waals surface area contributed by atoms with Crippen LogP contribution in [-0.2, 0) is 11.3 Å². The van der Waals surface area contributed by atoms with E-state index in [-0.39, 0.29) is 0 Å². The minimum Gasteiger partial charge on any atom is -0.380 e. The maximum atomic E-state index is 5.35. The molecule has 1 atom stereocenters. The minimum atomic E-state index is 0.407. The molecule has 0 aliphatic carbocycles. The maximum Gasteiger partial charge on any atom is 0.125 e. The van der Waals surface area contributed by atoms with Gasteiger partial charge in [-0.05, 0) is 18.1 Å². The SMILES string of the molecule is CNc1ccc(CN2CCC(OC)C2)cn1. The molecule has 0 amide bonds. The van der Waals surface area contributed by atoms with Crippen molar-refractivity contribution in [3.8, 4) is 0 Å². The summed E-state index contributed by atoms with van der Waals surface area (Å²) in [7, 11) is 3.67. The molecule has 0 radical (unpaired) electrons. The van der Waals surface area contributed by atoms with Crippen LogP contribution < -0.4 is 5.32 Å². The molecule has 1 aromatic heterocycles. The van der Waals surface area contributed by atoms with E-state index >= 15 is 0 Å². The molecule has 0 saturated carbocycles. The Morgan fingerprint density at radius 3 is 3.00 bits per heavy atom. The highest BCUT2D eigenvalue weighted by Crippen LogP contribution is 2.15. The van der Waals surface area contributed by atoms with Crippen LogP contribution in [0.2, 0.25) is 0 Å². The second kappa shape index (κ2) is 5.27. The zero-order chi connectivity index (χ0) is 11.4. The van der Waals surface area contributed by atoms with E-state index in [4.69, 9.17) is 4.74 Å². The van der Waals surface area contributed by atoms with E-state index in [0.717, 1.165) is 31.9 Å². The Morgan fingerprint density at radius 1 is 1.56 bits per heavy atom. The third kappa shape index (κ3) is 2.71. The van der Waals surface area contributed by atoms with Gasteiger partial charge in [-0.1, -0.05) is 6.07 Å². The summed E-state index contributed by atoms with van der Waals surface area (Å²) in [6.07, 6.45) is 3.48. The zero-order valence-corrected chi connectivity index (χ0v) is 9.94. The summed E-state index contributed by atoms with van der Waals surface area (Å²) in [6, 6.07) is 4.14. The van der Waals surface area contributed by atoms with E-state index in [1.807, 2.05) is 19.3 Å². The molecule has 1 saturated heterocycles. The average Bonchev–Trinajstić information content (AvgIpc) is 2.78. The number of aromatic nitrogens is 1. The fourth-order valence-corrected chi connectivity index (χ4v) is 2.06. The lowest BCUT2D eigenvalue weighted by atomic mass is 10.2. The van der Waals surface area contributed by atoms with E-state index in [0.29, 0.717) is 6.10 Å². The lowest BCUT2D eigenvalue weighted by molar-refractivity contribution is 0.107. The summed E-state index contributed by atoms with van der Waals surface area (Å²) in [5.41, 5.74) is 1.26. The molecule has 4 nitrogen and oxygen atoms in total. The van der Waals surface area contributed by atoms with Gasteiger partial charge in [0.1, 0.15) is 5.82 Å². The number of likely N-dealkylation sites (tertiary alicyclic amines) is 1. The Bertz CT molecular complexity index is 326. The number of nitrogens with zero attached hydrogens (tertiary/aromatic N) is 2. The molecule has 4 heteroatoms. The van der Waals surface area contributed by atoms with Crippen LogP contribution in [0.1, 0.15) is 12.0 Å². The molecular formula is C12H19N3O. The summed E-state index contributed by atoms with van der Waals surface area (Å²) in [5, 5.41) is 3.02. The first-order chi connectivity index (χ1) is 7.81. The van der Waals surface area contributed by atoms with Crippen molar-refractivity contribution in [3.05, 3.63) is 23.9 Å². The van der Waals surface area contributed by atoms with Gasteiger partial charge in [0.25, 0.3) is 0 Å². The number of hydrogen-bond donors (Lipinski definition) is 1. The quantitative estimate of drug-likeness (QED) is 0.832. The van der Waals surface area contributed by atoms with E-state index < -0.39 is 0 Å². The largest absolute Gasteiger partial charge is 0.380 e. The maximum absolute atomic E-state index is 5.35. The predicted molar refractivity (Wildman–Crippen MR) is 64.5 cm³/mol. The number of pyridine rings is 1. The van der Waals surface area contributed by atoms with Crippen molar-refractivity contribution in [2.24, 2.45) is 0 Å². The van der Waals surface area contributed by atoms with Crippen molar-refractivity contribution < 1.29 is 4.74 Å². The van der Waals surface area contributed by atoms with Gasteiger partial charge in [0.15, 0.2) is 0 Å². The van der Waals surface area contributed by atoms with E-state index in [9.17, 15) is 0 Å². The molecular weight excluding hydrogens is 202 g/mol. The number of ether oxygens (including phenoxy) is 1. The fraction of sp³-hybridized carbons (Fsp3) is 0.583.